The summed E-state index contributed by atoms with van der Waals surface area (Å²) in [6, 6.07) is 5.50. The van der Waals surface area contributed by atoms with Crippen LogP contribution in [-0.2, 0) is 47.6 Å². The number of benzene rings is 1. The van der Waals surface area contributed by atoms with Crippen molar-refractivity contribution in [1.82, 2.24) is 0 Å². The lowest BCUT2D eigenvalue weighted by atomic mass is 9.98. The molecule has 1 aliphatic rings. The number of aromatic hydroxyl groups is 1. The van der Waals surface area contributed by atoms with Crippen molar-refractivity contribution in [1.29, 1.82) is 0 Å². The molecule has 1 fully saturated rings. The zero-order valence-corrected chi connectivity index (χ0v) is 18.3. The van der Waals surface area contributed by atoms with Gasteiger partial charge in [-0.15, -0.1) is 0 Å². The molecule has 5 unspecified atom stereocenters. The predicted octanol–water partition coefficient (Wildman–Crippen LogP) is 0.632. The number of carbonyl (C=O) groups is 5. The number of carbonyl (C=O) groups excluding carboxylic acids is 5. The molecule has 1 heterocycles. The average Bonchev–Trinajstić information content (AvgIpc) is 2.70. The molecule has 1 saturated heterocycles. The smallest absolute Gasteiger partial charge is 0.344 e. The lowest BCUT2D eigenvalue weighted by Gasteiger charge is -2.43. The van der Waals surface area contributed by atoms with Gasteiger partial charge >= 0.3 is 29.8 Å². The summed E-state index contributed by atoms with van der Waals surface area (Å²) >= 11 is 0. The fraction of sp³-hybridized carbons (Fsp3) is 0.476. The van der Waals surface area contributed by atoms with Gasteiger partial charge in [-0.1, -0.05) is 12.1 Å². The van der Waals surface area contributed by atoms with Crippen LogP contribution in [0.15, 0.2) is 24.3 Å². The Morgan fingerprint density at radius 2 is 1.33 bits per heavy atom. The highest BCUT2D eigenvalue weighted by atomic mass is 16.7. The van der Waals surface area contributed by atoms with Crippen molar-refractivity contribution < 1.29 is 57.5 Å². The Hall–Kier alpha value is -3.67. The first kappa shape index (κ1) is 25.6. The third kappa shape index (κ3) is 7.17. The van der Waals surface area contributed by atoms with Crippen LogP contribution in [0.4, 0.5) is 0 Å². The molecular weight excluding hydrogens is 444 g/mol. The Kier molecular flexibility index (Phi) is 8.74. The van der Waals surface area contributed by atoms with Crippen LogP contribution < -0.4 is 0 Å². The SMILES string of the molecule is CC(=O)OCC1OC(OC(=O)c2ccccc2O)C(OC(C)=O)C(OC(C)=O)C1OC(C)=O. The Bertz CT molecular complexity index is 910. The maximum absolute atomic E-state index is 12.6. The van der Waals surface area contributed by atoms with E-state index in [1.807, 2.05) is 0 Å². The number of phenols is 1. The second-order valence-corrected chi connectivity index (χ2v) is 6.99. The molecular formula is C21H24O12. The van der Waals surface area contributed by atoms with Crippen LogP contribution in [0.5, 0.6) is 5.75 Å². The van der Waals surface area contributed by atoms with Crippen molar-refractivity contribution in [3.8, 4) is 5.75 Å². The summed E-state index contributed by atoms with van der Waals surface area (Å²) in [5, 5.41) is 9.92. The second-order valence-electron chi connectivity index (χ2n) is 6.99. The van der Waals surface area contributed by atoms with Crippen LogP contribution in [0, 0.1) is 0 Å². The molecule has 0 spiro atoms. The Morgan fingerprint density at radius 3 is 1.88 bits per heavy atom. The standard InChI is InChI=1S/C21H24O12/c1-10(22)28-9-16-17(29-11(2)23)18(30-12(3)24)19(31-13(4)25)21(32-16)33-20(27)14-7-5-6-8-15(14)26/h5-8,16-19,21,26H,9H2,1-4H3. The Labute approximate surface area is 188 Å². The lowest BCUT2D eigenvalue weighted by molar-refractivity contribution is -0.294. The van der Waals surface area contributed by atoms with Gasteiger partial charge in [-0.05, 0) is 12.1 Å². The van der Waals surface area contributed by atoms with E-state index in [2.05, 4.69) is 0 Å². The summed E-state index contributed by atoms with van der Waals surface area (Å²) in [4.78, 5) is 59.2. The fourth-order valence-electron chi connectivity index (χ4n) is 3.10. The molecule has 1 aromatic rings. The molecule has 0 radical (unpaired) electrons. The van der Waals surface area contributed by atoms with E-state index in [1.54, 1.807) is 0 Å². The number of ether oxygens (including phenoxy) is 6. The highest BCUT2D eigenvalue weighted by molar-refractivity contribution is 5.92. The van der Waals surface area contributed by atoms with E-state index in [-0.39, 0.29) is 11.3 Å². The highest BCUT2D eigenvalue weighted by Crippen LogP contribution is 2.31. The van der Waals surface area contributed by atoms with Crippen LogP contribution in [0.1, 0.15) is 38.1 Å². The third-order valence-electron chi connectivity index (χ3n) is 4.30. The maximum atomic E-state index is 12.6. The van der Waals surface area contributed by atoms with E-state index >= 15 is 0 Å². The molecule has 5 atom stereocenters. The summed E-state index contributed by atoms with van der Waals surface area (Å²) in [7, 11) is 0. The Balaban J connectivity index is 2.45. The molecule has 0 aliphatic carbocycles. The van der Waals surface area contributed by atoms with Crippen LogP contribution in [-0.4, -0.2) is 72.3 Å². The van der Waals surface area contributed by atoms with Gasteiger partial charge in [0, 0.05) is 27.7 Å². The van der Waals surface area contributed by atoms with Gasteiger partial charge in [-0.3, -0.25) is 19.2 Å². The molecule has 2 rings (SSSR count). The number of hydrogen-bond donors (Lipinski definition) is 1. The highest BCUT2D eigenvalue weighted by Gasteiger charge is 2.53. The predicted molar refractivity (Wildman–Crippen MR) is 105 cm³/mol. The second kappa shape index (κ2) is 11.3. The van der Waals surface area contributed by atoms with Gasteiger partial charge in [0.05, 0.1) is 0 Å². The summed E-state index contributed by atoms with van der Waals surface area (Å²) in [5.74, 6) is -4.58. The molecule has 0 saturated carbocycles. The molecule has 1 N–H and O–H groups in total. The van der Waals surface area contributed by atoms with Gasteiger partial charge < -0.3 is 33.5 Å². The normalized spacial score (nSPS) is 24.2. The average molecular weight is 468 g/mol. The molecule has 1 aromatic carbocycles. The molecule has 180 valence electrons. The van der Waals surface area contributed by atoms with E-state index < -0.39 is 67.2 Å². The van der Waals surface area contributed by atoms with E-state index in [1.165, 1.54) is 24.3 Å². The van der Waals surface area contributed by atoms with Gasteiger partial charge in [-0.25, -0.2) is 4.79 Å². The lowest BCUT2D eigenvalue weighted by Crippen LogP contribution is -2.63. The van der Waals surface area contributed by atoms with Crippen molar-refractivity contribution in [3.63, 3.8) is 0 Å². The quantitative estimate of drug-likeness (QED) is 0.440. The van der Waals surface area contributed by atoms with E-state index in [4.69, 9.17) is 28.4 Å². The Morgan fingerprint density at radius 1 is 0.788 bits per heavy atom. The third-order valence-corrected chi connectivity index (χ3v) is 4.30. The topological polar surface area (TPSA) is 161 Å². The minimum Gasteiger partial charge on any atom is -0.507 e. The summed E-state index contributed by atoms with van der Waals surface area (Å²) in [6.07, 6.45) is -7.37. The van der Waals surface area contributed by atoms with E-state index in [9.17, 15) is 29.1 Å². The number of rotatable bonds is 7. The van der Waals surface area contributed by atoms with Gasteiger partial charge in [0.1, 0.15) is 24.0 Å². The minimum absolute atomic E-state index is 0.217. The molecule has 0 bridgehead atoms. The van der Waals surface area contributed by atoms with Crippen LogP contribution >= 0.6 is 0 Å². The van der Waals surface area contributed by atoms with Crippen LogP contribution in [0.2, 0.25) is 0 Å². The van der Waals surface area contributed by atoms with Crippen molar-refractivity contribution in [2.75, 3.05) is 6.61 Å². The molecule has 0 aromatic heterocycles. The zero-order valence-electron chi connectivity index (χ0n) is 18.3. The van der Waals surface area contributed by atoms with Gasteiger partial charge in [-0.2, -0.15) is 0 Å². The molecule has 1 aliphatic heterocycles. The van der Waals surface area contributed by atoms with Crippen molar-refractivity contribution in [2.24, 2.45) is 0 Å². The van der Waals surface area contributed by atoms with E-state index in [0.717, 1.165) is 27.7 Å². The summed E-state index contributed by atoms with van der Waals surface area (Å²) in [5.41, 5.74) is -0.217. The molecule has 12 nitrogen and oxygen atoms in total. The maximum Gasteiger partial charge on any atom is 0.344 e. The first-order valence-electron chi connectivity index (χ1n) is 9.79. The van der Waals surface area contributed by atoms with Gasteiger partial charge in [0.15, 0.2) is 12.2 Å². The number of esters is 5. The van der Waals surface area contributed by atoms with Crippen molar-refractivity contribution in [3.05, 3.63) is 29.8 Å². The first-order valence-corrected chi connectivity index (χ1v) is 9.79. The number of phenolic OH excluding ortho intramolecular Hbond substituents is 1. The van der Waals surface area contributed by atoms with Crippen molar-refractivity contribution >= 4 is 29.8 Å². The fourth-order valence-corrected chi connectivity index (χ4v) is 3.10. The number of hydrogen-bond acceptors (Lipinski definition) is 12. The monoisotopic (exact) mass is 468 g/mol. The largest absolute Gasteiger partial charge is 0.507 e. The van der Waals surface area contributed by atoms with E-state index in [0.29, 0.717) is 0 Å². The minimum atomic E-state index is -1.68. The zero-order chi connectivity index (χ0) is 24.7. The van der Waals surface area contributed by atoms with Crippen molar-refractivity contribution in [2.45, 2.75) is 58.4 Å². The van der Waals surface area contributed by atoms with Crippen LogP contribution in [0.3, 0.4) is 0 Å². The summed E-state index contributed by atoms with van der Waals surface area (Å²) < 4.78 is 31.5. The summed E-state index contributed by atoms with van der Waals surface area (Å²) in [6.45, 7) is 3.86. The first-order chi connectivity index (χ1) is 15.5. The van der Waals surface area contributed by atoms with Gasteiger partial charge in [0.2, 0.25) is 12.4 Å². The molecule has 12 heteroatoms. The molecule has 0 amide bonds. The number of para-hydroxylation sites is 1. The van der Waals surface area contributed by atoms with Crippen LogP contribution in [0.25, 0.3) is 0 Å². The van der Waals surface area contributed by atoms with Gasteiger partial charge in [0.25, 0.3) is 0 Å². The molecule has 33 heavy (non-hydrogen) atoms.